The van der Waals surface area contributed by atoms with Crippen LogP contribution < -0.4 is 15.4 Å². The van der Waals surface area contributed by atoms with Crippen LogP contribution in [-0.2, 0) is 0 Å². The van der Waals surface area contributed by atoms with Gasteiger partial charge in [-0.1, -0.05) is 24.3 Å². The first-order valence-electron chi connectivity index (χ1n) is 8.16. The molecule has 0 bridgehead atoms. The Kier molecular flexibility index (Phi) is 5.59. The van der Waals surface area contributed by atoms with Crippen molar-refractivity contribution in [1.82, 2.24) is 4.98 Å². The van der Waals surface area contributed by atoms with Crippen molar-refractivity contribution in [3.05, 3.63) is 83.7 Å². The van der Waals surface area contributed by atoms with E-state index in [4.69, 9.17) is 4.74 Å². The average Bonchev–Trinajstić information content (AvgIpc) is 2.71. The minimum absolute atomic E-state index is 0.0486. The van der Waals surface area contributed by atoms with Gasteiger partial charge in [0, 0.05) is 0 Å². The van der Waals surface area contributed by atoms with Crippen molar-refractivity contribution < 1.29 is 23.1 Å². The monoisotopic (exact) mass is 383 g/mol. The van der Waals surface area contributed by atoms with E-state index in [0.29, 0.717) is 11.4 Å². The highest BCUT2D eigenvalue weighted by atomic mass is 19.1. The number of hydrogen-bond acceptors (Lipinski definition) is 4. The van der Waals surface area contributed by atoms with E-state index < -0.39 is 29.1 Å². The number of benzene rings is 2. The summed E-state index contributed by atoms with van der Waals surface area (Å²) in [6.45, 7) is 0. The van der Waals surface area contributed by atoms with Crippen LogP contribution in [0.5, 0.6) is 5.75 Å². The van der Waals surface area contributed by atoms with Crippen molar-refractivity contribution in [1.29, 1.82) is 0 Å². The number of methoxy groups -OCH3 is 1. The molecule has 0 atom stereocenters. The third-order valence-corrected chi connectivity index (χ3v) is 3.77. The van der Waals surface area contributed by atoms with Gasteiger partial charge in [-0.05, 0) is 36.4 Å². The van der Waals surface area contributed by atoms with Gasteiger partial charge in [0.25, 0.3) is 11.8 Å². The SMILES string of the molecule is COc1ccccc1NC(=O)c1cccc(C(=O)Nc2c(F)cccc2F)n1. The molecule has 8 heteroatoms. The molecular weight excluding hydrogens is 368 g/mol. The van der Waals surface area contributed by atoms with Gasteiger partial charge >= 0.3 is 0 Å². The third kappa shape index (κ3) is 4.12. The van der Waals surface area contributed by atoms with Crippen molar-refractivity contribution >= 4 is 23.2 Å². The van der Waals surface area contributed by atoms with Gasteiger partial charge in [0.2, 0.25) is 0 Å². The zero-order chi connectivity index (χ0) is 20.1. The summed E-state index contributed by atoms with van der Waals surface area (Å²) >= 11 is 0. The Labute approximate surface area is 159 Å². The smallest absolute Gasteiger partial charge is 0.274 e. The molecule has 0 aliphatic heterocycles. The zero-order valence-electron chi connectivity index (χ0n) is 14.7. The summed E-state index contributed by atoms with van der Waals surface area (Å²) in [6.07, 6.45) is 0. The maximum absolute atomic E-state index is 13.7. The van der Waals surface area contributed by atoms with Crippen LogP contribution in [0.2, 0.25) is 0 Å². The van der Waals surface area contributed by atoms with Gasteiger partial charge in [0.15, 0.2) is 0 Å². The van der Waals surface area contributed by atoms with Crippen LogP contribution in [0.25, 0.3) is 0 Å². The molecule has 2 amide bonds. The lowest BCUT2D eigenvalue weighted by atomic mass is 10.2. The highest BCUT2D eigenvalue weighted by molar-refractivity contribution is 6.06. The maximum atomic E-state index is 13.7. The summed E-state index contributed by atoms with van der Waals surface area (Å²) in [6, 6.07) is 14.2. The molecule has 0 radical (unpaired) electrons. The predicted octanol–water partition coefficient (Wildman–Crippen LogP) is 3.87. The van der Waals surface area contributed by atoms with Gasteiger partial charge in [-0.15, -0.1) is 0 Å². The minimum Gasteiger partial charge on any atom is -0.495 e. The summed E-state index contributed by atoms with van der Waals surface area (Å²) in [4.78, 5) is 28.7. The number of carbonyl (C=O) groups is 2. The molecule has 28 heavy (non-hydrogen) atoms. The summed E-state index contributed by atoms with van der Waals surface area (Å²) < 4.78 is 32.6. The number of amides is 2. The van der Waals surface area contributed by atoms with E-state index in [1.54, 1.807) is 24.3 Å². The van der Waals surface area contributed by atoms with Crippen LogP contribution in [0.15, 0.2) is 60.7 Å². The number of ether oxygens (including phenoxy) is 1. The number of para-hydroxylation sites is 3. The quantitative estimate of drug-likeness (QED) is 0.701. The fourth-order valence-corrected chi connectivity index (χ4v) is 2.42. The van der Waals surface area contributed by atoms with Gasteiger partial charge < -0.3 is 15.4 Å². The van der Waals surface area contributed by atoms with Crippen molar-refractivity contribution in [2.75, 3.05) is 17.7 Å². The number of aromatic nitrogens is 1. The number of pyridine rings is 1. The topological polar surface area (TPSA) is 80.3 Å². The van der Waals surface area contributed by atoms with Crippen molar-refractivity contribution in [3.8, 4) is 5.75 Å². The number of carbonyl (C=O) groups excluding carboxylic acids is 2. The van der Waals surface area contributed by atoms with Crippen LogP contribution in [0.3, 0.4) is 0 Å². The lowest BCUT2D eigenvalue weighted by molar-refractivity contribution is 0.101. The Morgan fingerprint density at radius 1 is 0.821 bits per heavy atom. The van der Waals surface area contributed by atoms with Crippen LogP contribution in [0, 0.1) is 11.6 Å². The Balaban J connectivity index is 1.80. The van der Waals surface area contributed by atoms with Crippen LogP contribution in [0.4, 0.5) is 20.2 Å². The largest absolute Gasteiger partial charge is 0.495 e. The molecule has 0 saturated carbocycles. The summed E-state index contributed by atoms with van der Waals surface area (Å²) in [5, 5.41) is 4.76. The molecular formula is C20H15F2N3O3. The second-order valence-corrected chi connectivity index (χ2v) is 5.61. The van der Waals surface area contributed by atoms with E-state index in [0.717, 1.165) is 12.1 Å². The predicted molar refractivity (Wildman–Crippen MR) is 99.5 cm³/mol. The highest BCUT2D eigenvalue weighted by Crippen LogP contribution is 2.23. The second-order valence-electron chi connectivity index (χ2n) is 5.61. The molecule has 0 aliphatic rings. The van der Waals surface area contributed by atoms with Gasteiger partial charge in [-0.3, -0.25) is 9.59 Å². The Bertz CT molecular complexity index is 1020. The molecule has 0 fully saturated rings. The molecule has 0 aliphatic carbocycles. The fourth-order valence-electron chi connectivity index (χ4n) is 2.42. The first-order valence-corrected chi connectivity index (χ1v) is 8.16. The molecule has 1 heterocycles. The van der Waals surface area contributed by atoms with E-state index in [-0.39, 0.29) is 11.4 Å². The fraction of sp³-hybridized carbons (Fsp3) is 0.0500. The maximum Gasteiger partial charge on any atom is 0.274 e. The Morgan fingerprint density at radius 3 is 2.04 bits per heavy atom. The first kappa shape index (κ1) is 19.0. The molecule has 0 unspecified atom stereocenters. The van der Waals surface area contributed by atoms with Crippen molar-refractivity contribution in [3.63, 3.8) is 0 Å². The molecule has 6 nitrogen and oxygen atoms in total. The second kappa shape index (κ2) is 8.26. The first-order chi connectivity index (χ1) is 13.5. The molecule has 2 aromatic carbocycles. The van der Waals surface area contributed by atoms with Crippen molar-refractivity contribution in [2.45, 2.75) is 0 Å². The third-order valence-electron chi connectivity index (χ3n) is 3.77. The van der Waals surface area contributed by atoms with Gasteiger partial charge in [-0.25, -0.2) is 13.8 Å². The van der Waals surface area contributed by atoms with Gasteiger partial charge in [-0.2, -0.15) is 0 Å². The molecule has 142 valence electrons. The number of halogens is 2. The Morgan fingerprint density at radius 2 is 1.39 bits per heavy atom. The summed E-state index contributed by atoms with van der Waals surface area (Å²) in [5.41, 5.74) is -0.374. The van der Waals surface area contributed by atoms with Crippen LogP contribution >= 0.6 is 0 Å². The van der Waals surface area contributed by atoms with Gasteiger partial charge in [0.05, 0.1) is 12.8 Å². The van der Waals surface area contributed by atoms with E-state index in [1.807, 2.05) is 0 Å². The average molecular weight is 383 g/mol. The zero-order valence-corrected chi connectivity index (χ0v) is 14.7. The van der Waals surface area contributed by atoms with Crippen LogP contribution in [0.1, 0.15) is 21.0 Å². The lowest BCUT2D eigenvalue weighted by Crippen LogP contribution is -2.19. The molecule has 2 N–H and O–H groups in total. The van der Waals surface area contributed by atoms with Gasteiger partial charge in [0.1, 0.15) is 34.5 Å². The number of anilines is 2. The highest BCUT2D eigenvalue weighted by Gasteiger charge is 2.17. The normalized spacial score (nSPS) is 10.2. The Hall–Kier alpha value is -3.81. The van der Waals surface area contributed by atoms with E-state index in [1.165, 1.54) is 31.4 Å². The number of hydrogen-bond donors (Lipinski definition) is 2. The van der Waals surface area contributed by atoms with E-state index in [2.05, 4.69) is 15.6 Å². The molecule has 3 rings (SSSR count). The number of nitrogens with one attached hydrogen (secondary N) is 2. The number of nitrogens with zero attached hydrogens (tertiary/aromatic N) is 1. The van der Waals surface area contributed by atoms with Crippen LogP contribution in [-0.4, -0.2) is 23.9 Å². The van der Waals surface area contributed by atoms with E-state index >= 15 is 0 Å². The molecule has 0 spiro atoms. The molecule has 1 aromatic heterocycles. The standard InChI is InChI=1S/C20H15F2N3O3/c1-28-17-11-3-2-8-14(17)24-19(26)15-9-5-10-16(23-15)20(27)25-18-12(21)6-4-7-13(18)22/h2-11H,1H3,(H,24,26)(H,25,27). The minimum atomic E-state index is -0.918. The van der Waals surface area contributed by atoms with Crippen molar-refractivity contribution in [2.24, 2.45) is 0 Å². The summed E-state index contributed by atoms with van der Waals surface area (Å²) in [7, 11) is 1.47. The lowest BCUT2D eigenvalue weighted by Gasteiger charge is -2.10. The molecule has 3 aromatic rings. The summed E-state index contributed by atoms with van der Waals surface area (Å²) in [5.74, 6) is -2.80. The van der Waals surface area contributed by atoms with E-state index in [9.17, 15) is 18.4 Å². The molecule has 0 saturated heterocycles. The number of rotatable bonds is 5.